The van der Waals surface area contributed by atoms with Gasteiger partial charge < -0.3 is 5.73 Å². The molecule has 66 valence electrons. The SMILES string of the molecule is CS1(c2ccc(CN)cc2)NO1. The standard InChI is InChI=1S/C8H12N2OS/c1-12(10-11-12)8-4-2-7(6-9)3-5-8/h2-5,10H,6,9H2,1H3. The van der Waals surface area contributed by atoms with E-state index in [4.69, 9.17) is 10.0 Å². The summed E-state index contributed by atoms with van der Waals surface area (Å²) in [4.78, 5) is 4.14. The smallest absolute Gasteiger partial charge is 0.0297 e. The molecule has 1 aromatic rings. The second kappa shape index (κ2) is 2.74. The van der Waals surface area contributed by atoms with Crippen LogP contribution >= 0.6 is 10.5 Å². The zero-order valence-corrected chi connectivity index (χ0v) is 7.73. The van der Waals surface area contributed by atoms with Crippen LogP contribution in [0.15, 0.2) is 29.2 Å². The van der Waals surface area contributed by atoms with Gasteiger partial charge in [0.25, 0.3) is 0 Å². The Balaban J connectivity index is 2.25. The summed E-state index contributed by atoms with van der Waals surface area (Å²) in [6.45, 7) is 0.598. The highest BCUT2D eigenvalue weighted by molar-refractivity contribution is 8.31. The van der Waals surface area contributed by atoms with Crippen molar-refractivity contribution in [2.24, 2.45) is 5.73 Å². The van der Waals surface area contributed by atoms with E-state index >= 15 is 0 Å². The van der Waals surface area contributed by atoms with Crippen LogP contribution in [0.1, 0.15) is 5.56 Å². The molecule has 2 rings (SSSR count). The Kier molecular flexibility index (Phi) is 1.84. The van der Waals surface area contributed by atoms with Crippen molar-refractivity contribution >= 4 is 10.5 Å². The molecule has 0 aliphatic carbocycles. The maximum absolute atomic E-state index is 5.48. The van der Waals surface area contributed by atoms with Crippen molar-refractivity contribution in [1.29, 1.82) is 0 Å². The van der Waals surface area contributed by atoms with Gasteiger partial charge in [0.1, 0.15) is 0 Å². The van der Waals surface area contributed by atoms with Crippen LogP contribution in [0.3, 0.4) is 0 Å². The third kappa shape index (κ3) is 1.34. The van der Waals surface area contributed by atoms with Crippen LogP contribution in [0.4, 0.5) is 0 Å². The zero-order valence-electron chi connectivity index (χ0n) is 6.91. The van der Waals surface area contributed by atoms with Gasteiger partial charge in [-0.05, 0) is 28.2 Å². The molecule has 1 unspecified atom stereocenters. The van der Waals surface area contributed by atoms with Gasteiger partial charge in [0, 0.05) is 17.7 Å². The molecular formula is C8H12N2OS. The molecule has 1 heterocycles. The molecule has 1 atom stereocenters. The average Bonchev–Trinajstić information content (AvgIpc) is 2.85. The number of nitrogens with one attached hydrogen (secondary N) is 1. The number of nitrogens with two attached hydrogens (primary N) is 1. The quantitative estimate of drug-likeness (QED) is 0.681. The van der Waals surface area contributed by atoms with Crippen molar-refractivity contribution in [3.8, 4) is 0 Å². The lowest BCUT2D eigenvalue weighted by Gasteiger charge is -2.07. The molecule has 12 heavy (non-hydrogen) atoms. The van der Waals surface area contributed by atoms with Crippen LogP contribution in [-0.2, 0) is 10.8 Å². The van der Waals surface area contributed by atoms with Crippen molar-refractivity contribution in [1.82, 2.24) is 4.89 Å². The predicted molar refractivity (Wildman–Crippen MR) is 50.3 cm³/mol. The second-order valence-electron chi connectivity index (χ2n) is 2.86. The van der Waals surface area contributed by atoms with E-state index in [2.05, 4.69) is 23.3 Å². The minimum atomic E-state index is -1.07. The highest BCUT2D eigenvalue weighted by atomic mass is 32.3. The molecule has 0 amide bonds. The van der Waals surface area contributed by atoms with Crippen molar-refractivity contribution in [2.45, 2.75) is 11.4 Å². The van der Waals surface area contributed by atoms with Crippen LogP contribution < -0.4 is 10.6 Å². The Hall–Kier alpha value is -0.550. The van der Waals surface area contributed by atoms with Crippen molar-refractivity contribution in [3.05, 3.63) is 29.8 Å². The molecule has 4 heteroatoms. The van der Waals surface area contributed by atoms with Gasteiger partial charge in [0.05, 0.1) is 0 Å². The van der Waals surface area contributed by atoms with E-state index in [0.717, 1.165) is 5.56 Å². The molecule has 3 nitrogen and oxygen atoms in total. The summed E-state index contributed by atoms with van der Waals surface area (Å²) < 4.78 is 5.16. The molecule has 3 N–H and O–H groups in total. The van der Waals surface area contributed by atoms with E-state index in [9.17, 15) is 0 Å². The van der Waals surface area contributed by atoms with E-state index in [1.165, 1.54) is 4.90 Å². The third-order valence-corrected chi connectivity index (χ3v) is 3.78. The van der Waals surface area contributed by atoms with E-state index in [0.29, 0.717) is 6.54 Å². The van der Waals surface area contributed by atoms with Gasteiger partial charge in [0.15, 0.2) is 0 Å². The highest BCUT2D eigenvalue weighted by Crippen LogP contribution is 2.60. The fourth-order valence-corrected chi connectivity index (χ4v) is 2.29. The Morgan fingerprint density at radius 1 is 1.42 bits per heavy atom. The van der Waals surface area contributed by atoms with Crippen LogP contribution in [0.5, 0.6) is 0 Å². The van der Waals surface area contributed by atoms with Crippen LogP contribution in [0.25, 0.3) is 0 Å². The molecule has 0 bridgehead atoms. The Labute approximate surface area is 73.5 Å². The first-order valence-corrected chi connectivity index (χ1v) is 5.74. The Bertz CT molecular complexity index is 282. The Morgan fingerprint density at radius 2 is 2.00 bits per heavy atom. The molecule has 0 saturated carbocycles. The van der Waals surface area contributed by atoms with E-state index in [1.807, 2.05) is 12.1 Å². The molecule has 1 aliphatic rings. The van der Waals surface area contributed by atoms with Gasteiger partial charge in [-0.1, -0.05) is 12.1 Å². The molecule has 1 aromatic carbocycles. The number of rotatable bonds is 2. The molecule has 0 spiro atoms. The minimum Gasteiger partial charge on any atom is -0.326 e. The fraction of sp³-hybridized carbons (Fsp3) is 0.250. The second-order valence-corrected chi connectivity index (χ2v) is 5.35. The van der Waals surface area contributed by atoms with Gasteiger partial charge in [-0.3, -0.25) is 0 Å². The molecule has 1 aliphatic heterocycles. The van der Waals surface area contributed by atoms with Gasteiger partial charge in [-0.2, -0.15) is 0 Å². The highest BCUT2D eigenvalue weighted by Gasteiger charge is 2.35. The minimum absolute atomic E-state index is 0.598. The van der Waals surface area contributed by atoms with Crippen molar-refractivity contribution < 1.29 is 4.28 Å². The fourth-order valence-electron chi connectivity index (χ4n) is 1.03. The summed E-state index contributed by atoms with van der Waals surface area (Å²) >= 11 is 0. The lowest BCUT2D eigenvalue weighted by atomic mass is 10.2. The molecule has 0 aromatic heterocycles. The number of benzene rings is 1. The largest absolute Gasteiger partial charge is 0.326 e. The lowest BCUT2D eigenvalue weighted by Crippen LogP contribution is -1.95. The van der Waals surface area contributed by atoms with E-state index in [-0.39, 0.29) is 0 Å². The number of hydrogen-bond acceptors (Lipinski definition) is 3. The van der Waals surface area contributed by atoms with Gasteiger partial charge >= 0.3 is 0 Å². The summed E-state index contributed by atoms with van der Waals surface area (Å²) in [5, 5.41) is 0. The summed E-state index contributed by atoms with van der Waals surface area (Å²) in [7, 11) is -1.07. The van der Waals surface area contributed by atoms with E-state index < -0.39 is 10.5 Å². The average molecular weight is 184 g/mol. The monoisotopic (exact) mass is 184 g/mol. The van der Waals surface area contributed by atoms with Crippen molar-refractivity contribution in [3.63, 3.8) is 0 Å². The van der Waals surface area contributed by atoms with E-state index in [1.54, 1.807) is 0 Å². The summed E-state index contributed by atoms with van der Waals surface area (Å²) in [6.07, 6.45) is 2.07. The zero-order chi connectivity index (χ0) is 8.60. The van der Waals surface area contributed by atoms with Gasteiger partial charge in [-0.25, -0.2) is 4.28 Å². The summed E-state index contributed by atoms with van der Waals surface area (Å²) in [6, 6.07) is 8.21. The molecule has 1 fully saturated rings. The summed E-state index contributed by atoms with van der Waals surface area (Å²) in [5.41, 5.74) is 6.64. The lowest BCUT2D eigenvalue weighted by molar-refractivity contribution is 0.468. The maximum Gasteiger partial charge on any atom is 0.0297 e. The van der Waals surface area contributed by atoms with Gasteiger partial charge in [0.2, 0.25) is 0 Å². The topological polar surface area (TPSA) is 60.5 Å². The van der Waals surface area contributed by atoms with Crippen LogP contribution in [0.2, 0.25) is 0 Å². The molecule has 1 saturated heterocycles. The molecular weight excluding hydrogens is 172 g/mol. The first-order valence-electron chi connectivity index (χ1n) is 3.77. The van der Waals surface area contributed by atoms with Crippen molar-refractivity contribution in [2.75, 3.05) is 6.26 Å². The predicted octanol–water partition coefficient (Wildman–Crippen LogP) is 1.30. The van der Waals surface area contributed by atoms with Gasteiger partial charge in [-0.15, -0.1) is 4.89 Å². The molecule has 0 radical (unpaired) electrons. The summed E-state index contributed by atoms with van der Waals surface area (Å²) in [5.74, 6) is 0. The first kappa shape index (κ1) is 8.07. The third-order valence-electron chi connectivity index (χ3n) is 1.94. The first-order chi connectivity index (χ1) is 5.74. The maximum atomic E-state index is 5.48. The number of hydrogen-bond donors (Lipinski definition) is 2. The van der Waals surface area contributed by atoms with Crippen LogP contribution in [-0.4, -0.2) is 6.26 Å². The normalized spacial score (nSPS) is 32.5. The van der Waals surface area contributed by atoms with Crippen LogP contribution in [0, 0.1) is 0 Å². The Morgan fingerprint density at radius 3 is 2.42 bits per heavy atom.